The van der Waals surface area contributed by atoms with Crippen LogP contribution < -0.4 is 4.90 Å². The molecule has 11 aromatic carbocycles. The molecule has 0 saturated carbocycles. The summed E-state index contributed by atoms with van der Waals surface area (Å²) in [4.78, 5) is 2.50. The van der Waals surface area contributed by atoms with Crippen LogP contribution >= 0.6 is 0 Å². The minimum absolute atomic E-state index is 1.11. The molecule has 0 saturated heterocycles. The predicted octanol–water partition coefficient (Wildman–Crippen LogP) is 16.4. The summed E-state index contributed by atoms with van der Waals surface area (Å²) in [5, 5.41) is 9.94. The molecule has 0 heterocycles. The molecule has 0 aliphatic heterocycles. The lowest BCUT2D eigenvalue weighted by atomic mass is 9.82. The monoisotopic (exact) mass is 747 g/mol. The molecular formula is C58H37N. The van der Waals surface area contributed by atoms with E-state index in [1.165, 1.54) is 104 Å². The number of para-hydroxylation sites is 1. The van der Waals surface area contributed by atoms with Gasteiger partial charge in [0.05, 0.1) is 5.69 Å². The quantitative estimate of drug-likeness (QED) is 0.153. The molecule has 0 aromatic heterocycles. The number of fused-ring (bicyclic) bond motifs is 6. The molecule has 1 aliphatic carbocycles. The van der Waals surface area contributed by atoms with Crippen LogP contribution in [-0.2, 0) is 0 Å². The van der Waals surface area contributed by atoms with Crippen molar-refractivity contribution in [1.82, 2.24) is 0 Å². The van der Waals surface area contributed by atoms with Crippen molar-refractivity contribution >= 4 is 60.2 Å². The number of rotatable bonds is 6. The smallest absolute Gasteiger partial charge is 0.0618 e. The van der Waals surface area contributed by atoms with Gasteiger partial charge in [0.25, 0.3) is 0 Å². The molecule has 0 N–H and O–H groups in total. The molecule has 0 fully saturated rings. The van der Waals surface area contributed by atoms with Gasteiger partial charge < -0.3 is 4.90 Å². The molecule has 0 spiro atoms. The number of benzene rings is 11. The molecule has 0 unspecified atom stereocenters. The Bertz CT molecular complexity index is 3340. The van der Waals surface area contributed by atoms with Gasteiger partial charge in [-0.2, -0.15) is 0 Å². The normalized spacial score (nSPS) is 11.7. The first-order chi connectivity index (χ1) is 29.3. The van der Waals surface area contributed by atoms with Gasteiger partial charge in [-0.1, -0.05) is 200 Å². The zero-order valence-electron chi connectivity index (χ0n) is 32.3. The van der Waals surface area contributed by atoms with E-state index in [9.17, 15) is 0 Å². The van der Waals surface area contributed by atoms with E-state index in [1.807, 2.05) is 0 Å². The molecule has 0 atom stereocenters. The van der Waals surface area contributed by atoms with Crippen molar-refractivity contribution in [2.24, 2.45) is 0 Å². The van der Waals surface area contributed by atoms with Crippen LogP contribution in [0.1, 0.15) is 0 Å². The van der Waals surface area contributed by atoms with Crippen LogP contribution in [0.3, 0.4) is 0 Å². The molecule has 12 rings (SSSR count). The molecule has 59 heavy (non-hydrogen) atoms. The first-order valence-electron chi connectivity index (χ1n) is 20.4. The molecule has 11 aromatic rings. The van der Waals surface area contributed by atoms with Gasteiger partial charge in [0.2, 0.25) is 0 Å². The third-order valence-electron chi connectivity index (χ3n) is 12.3. The lowest BCUT2D eigenvalue weighted by molar-refractivity contribution is 1.32. The molecule has 0 amide bonds. The van der Waals surface area contributed by atoms with E-state index in [-0.39, 0.29) is 0 Å². The summed E-state index contributed by atoms with van der Waals surface area (Å²) in [7, 11) is 0. The predicted molar refractivity (Wildman–Crippen MR) is 252 cm³/mol. The highest BCUT2D eigenvalue weighted by Gasteiger charge is 2.31. The summed E-state index contributed by atoms with van der Waals surface area (Å²) in [6.07, 6.45) is 0. The molecule has 1 nitrogen and oxygen atoms in total. The van der Waals surface area contributed by atoms with Crippen molar-refractivity contribution < 1.29 is 0 Å². The highest BCUT2D eigenvalue weighted by atomic mass is 15.1. The maximum atomic E-state index is 2.50. The van der Waals surface area contributed by atoms with Gasteiger partial charge in [-0.25, -0.2) is 0 Å². The van der Waals surface area contributed by atoms with Gasteiger partial charge >= 0.3 is 0 Å². The van der Waals surface area contributed by atoms with E-state index in [2.05, 4.69) is 229 Å². The third-order valence-corrected chi connectivity index (χ3v) is 12.3. The topological polar surface area (TPSA) is 3.24 Å². The number of nitrogens with zero attached hydrogens (tertiary/aromatic N) is 1. The largest absolute Gasteiger partial charge is 0.309 e. The van der Waals surface area contributed by atoms with Gasteiger partial charge in [-0.05, 0) is 112 Å². The fourth-order valence-corrected chi connectivity index (χ4v) is 9.97. The molecule has 0 radical (unpaired) electrons. The van der Waals surface area contributed by atoms with Crippen molar-refractivity contribution in [2.75, 3.05) is 4.90 Å². The minimum Gasteiger partial charge on any atom is -0.309 e. The molecular weight excluding hydrogens is 711 g/mol. The number of anilines is 3. The van der Waals surface area contributed by atoms with E-state index in [0.29, 0.717) is 0 Å². The van der Waals surface area contributed by atoms with Crippen molar-refractivity contribution in [3.05, 3.63) is 224 Å². The molecule has 0 bridgehead atoms. The van der Waals surface area contributed by atoms with Crippen LogP contribution in [0.2, 0.25) is 0 Å². The van der Waals surface area contributed by atoms with Crippen molar-refractivity contribution in [1.29, 1.82) is 0 Å². The Morgan fingerprint density at radius 2 is 0.678 bits per heavy atom. The van der Waals surface area contributed by atoms with Crippen molar-refractivity contribution in [3.8, 4) is 55.6 Å². The van der Waals surface area contributed by atoms with E-state index >= 15 is 0 Å². The summed E-state index contributed by atoms with van der Waals surface area (Å²) < 4.78 is 0. The number of hydrogen-bond donors (Lipinski definition) is 0. The van der Waals surface area contributed by atoms with Crippen LogP contribution in [0.5, 0.6) is 0 Å². The minimum atomic E-state index is 1.11. The fraction of sp³-hybridized carbons (Fsp3) is 0. The van der Waals surface area contributed by atoms with Gasteiger partial charge in [0, 0.05) is 22.1 Å². The maximum absolute atomic E-state index is 2.50. The second-order valence-electron chi connectivity index (χ2n) is 15.5. The van der Waals surface area contributed by atoms with Gasteiger partial charge in [0.15, 0.2) is 0 Å². The summed E-state index contributed by atoms with van der Waals surface area (Å²) in [6.45, 7) is 0. The van der Waals surface area contributed by atoms with Crippen LogP contribution in [-0.4, -0.2) is 0 Å². The van der Waals surface area contributed by atoms with Crippen LogP contribution in [0.4, 0.5) is 17.1 Å². The Morgan fingerprint density at radius 1 is 0.254 bits per heavy atom. The first-order valence-corrected chi connectivity index (χ1v) is 20.4. The molecule has 274 valence electrons. The van der Waals surface area contributed by atoms with Crippen LogP contribution in [0.15, 0.2) is 224 Å². The Balaban J connectivity index is 1.24. The highest BCUT2D eigenvalue weighted by molar-refractivity contribution is 6.28. The fourth-order valence-electron chi connectivity index (χ4n) is 9.97. The second-order valence-corrected chi connectivity index (χ2v) is 15.5. The Hall–Kier alpha value is -7.74. The van der Waals surface area contributed by atoms with E-state index < -0.39 is 0 Å². The molecule has 1 heteroatoms. The van der Waals surface area contributed by atoms with Crippen LogP contribution in [0.25, 0.3) is 98.7 Å². The second kappa shape index (κ2) is 13.4. The summed E-state index contributed by atoms with van der Waals surface area (Å²) in [6, 6.07) is 82.5. The summed E-state index contributed by atoms with van der Waals surface area (Å²) >= 11 is 0. The Labute approximate surface area is 343 Å². The molecule has 1 aliphatic rings. The van der Waals surface area contributed by atoms with Gasteiger partial charge in [-0.15, -0.1) is 0 Å². The maximum Gasteiger partial charge on any atom is 0.0618 e. The summed E-state index contributed by atoms with van der Waals surface area (Å²) in [5.41, 5.74) is 16.1. The van der Waals surface area contributed by atoms with E-state index in [4.69, 9.17) is 0 Å². The zero-order chi connectivity index (χ0) is 38.9. The Kier molecular flexibility index (Phi) is 7.61. The average Bonchev–Trinajstić information content (AvgIpc) is 3.64. The number of hydrogen-bond acceptors (Lipinski definition) is 1. The standard InChI is InChI=1S/C58H37N/c1-5-19-38(20-6-1)52-44-29-13-15-31-47(44)58(48-32-16-14-30-45(48)52)59(42-27-11-4-12-28-42)43-35-36-46-51(37-43)55(41-23-9-3-10-24-41)57-50-34-18-26-39-25-17-33-49(53(39)50)56(57)54(46)40-21-7-2-8-22-40/h1-37H. The lowest BCUT2D eigenvalue weighted by Crippen LogP contribution is -2.11. The third kappa shape index (κ3) is 5.12. The van der Waals surface area contributed by atoms with Crippen LogP contribution in [0, 0.1) is 0 Å². The zero-order valence-corrected chi connectivity index (χ0v) is 32.3. The highest BCUT2D eigenvalue weighted by Crippen LogP contribution is 2.58. The SMILES string of the molecule is c1ccc(-c2c3c(c(-c4ccccc4)c4cc(N(c5ccccc5)c5c6ccccc6c(-c6ccccc6)c6ccccc56)ccc24)-c2cccc4cccc-3c24)cc1. The van der Waals surface area contributed by atoms with E-state index in [1.54, 1.807) is 0 Å². The average molecular weight is 748 g/mol. The lowest BCUT2D eigenvalue weighted by Gasteiger charge is -2.30. The van der Waals surface area contributed by atoms with Crippen molar-refractivity contribution in [3.63, 3.8) is 0 Å². The first kappa shape index (κ1) is 33.4. The van der Waals surface area contributed by atoms with Crippen molar-refractivity contribution in [2.45, 2.75) is 0 Å². The summed E-state index contributed by atoms with van der Waals surface area (Å²) in [5.74, 6) is 0. The van der Waals surface area contributed by atoms with Gasteiger partial charge in [0.1, 0.15) is 0 Å². The Morgan fingerprint density at radius 3 is 1.20 bits per heavy atom. The van der Waals surface area contributed by atoms with E-state index in [0.717, 1.165) is 11.4 Å². The van der Waals surface area contributed by atoms with Gasteiger partial charge in [-0.3, -0.25) is 0 Å².